The largest absolute Gasteiger partial charge is 0.383 e. The molecule has 4 amide bonds. The molecule has 0 aromatic heterocycles. The molecule has 24 heavy (non-hydrogen) atoms. The zero-order chi connectivity index (χ0) is 17.4. The molecule has 136 valence electrons. The minimum atomic E-state index is -0.299. The van der Waals surface area contributed by atoms with Crippen molar-refractivity contribution in [2.75, 3.05) is 53.1 Å². The third-order valence-corrected chi connectivity index (χ3v) is 4.45. The second kappa shape index (κ2) is 9.46. The average molecular weight is 340 g/mol. The number of likely N-dealkylation sites (tertiary alicyclic amines) is 1. The number of hydrogen-bond acceptors (Lipinski definition) is 4. The fourth-order valence-electron chi connectivity index (χ4n) is 3.00. The molecule has 2 aliphatic rings. The molecule has 2 rings (SSSR count). The Morgan fingerprint density at radius 3 is 2.50 bits per heavy atom. The zero-order valence-electron chi connectivity index (χ0n) is 14.5. The van der Waals surface area contributed by atoms with Crippen LogP contribution < -0.4 is 5.32 Å². The number of nitrogens with zero attached hydrogens (tertiary/aromatic N) is 3. The van der Waals surface area contributed by atoms with Crippen LogP contribution >= 0.6 is 0 Å². The summed E-state index contributed by atoms with van der Waals surface area (Å²) in [6, 6.07) is -0.299. The van der Waals surface area contributed by atoms with Gasteiger partial charge in [-0.2, -0.15) is 0 Å². The van der Waals surface area contributed by atoms with Gasteiger partial charge >= 0.3 is 6.03 Å². The van der Waals surface area contributed by atoms with E-state index < -0.39 is 0 Å². The van der Waals surface area contributed by atoms with Crippen molar-refractivity contribution >= 4 is 17.8 Å². The van der Waals surface area contributed by atoms with Gasteiger partial charge in [0.05, 0.1) is 13.3 Å². The van der Waals surface area contributed by atoms with Crippen LogP contribution in [0.5, 0.6) is 0 Å². The average Bonchev–Trinajstić information content (AvgIpc) is 2.78. The zero-order valence-corrected chi connectivity index (χ0v) is 14.5. The van der Waals surface area contributed by atoms with Gasteiger partial charge in [-0.05, 0) is 12.8 Å². The van der Waals surface area contributed by atoms with Crippen LogP contribution in [0.15, 0.2) is 0 Å². The summed E-state index contributed by atoms with van der Waals surface area (Å²) in [6.07, 6.45) is 4.80. The van der Waals surface area contributed by atoms with E-state index in [1.54, 1.807) is 12.0 Å². The van der Waals surface area contributed by atoms with Gasteiger partial charge in [-0.1, -0.05) is 12.8 Å². The molecule has 2 fully saturated rings. The van der Waals surface area contributed by atoms with E-state index in [0.29, 0.717) is 26.1 Å². The third kappa shape index (κ3) is 5.36. The highest BCUT2D eigenvalue weighted by atomic mass is 16.5. The second-order valence-corrected chi connectivity index (χ2v) is 6.27. The predicted octanol–water partition coefficient (Wildman–Crippen LogP) is 0.237. The quantitative estimate of drug-likeness (QED) is 0.751. The fraction of sp³-hybridized carbons (Fsp3) is 0.812. The van der Waals surface area contributed by atoms with Crippen LogP contribution in [0.2, 0.25) is 0 Å². The summed E-state index contributed by atoms with van der Waals surface area (Å²) in [5.74, 6) is 0.0132. The van der Waals surface area contributed by atoms with Gasteiger partial charge in [-0.3, -0.25) is 14.5 Å². The summed E-state index contributed by atoms with van der Waals surface area (Å²) in [5.41, 5.74) is 0. The molecule has 2 heterocycles. The van der Waals surface area contributed by atoms with E-state index in [1.807, 2.05) is 4.90 Å². The summed E-state index contributed by atoms with van der Waals surface area (Å²) in [5, 5.41) is 2.74. The molecule has 0 aliphatic carbocycles. The number of carbonyl (C=O) groups is 3. The van der Waals surface area contributed by atoms with Gasteiger partial charge in [0.2, 0.25) is 11.8 Å². The summed E-state index contributed by atoms with van der Waals surface area (Å²) >= 11 is 0. The lowest BCUT2D eigenvalue weighted by Gasteiger charge is -2.21. The number of rotatable bonds is 6. The molecular weight excluding hydrogens is 312 g/mol. The van der Waals surface area contributed by atoms with Crippen LogP contribution in [0.3, 0.4) is 0 Å². The molecule has 8 heteroatoms. The van der Waals surface area contributed by atoms with E-state index in [2.05, 4.69) is 5.32 Å². The molecule has 0 aromatic rings. The summed E-state index contributed by atoms with van der Waals surface area (Å²) in [6.45, 7) is 3.22. The first-order chi connectivity index (χ1) is 11.6. The minimum Gasteiger partial charge on any atom is -0.383 e. The normalized spacial score (nSPS) is 18.7. The summed E-state index contributed by atoms with van der Waals surface area (Å²) in [7, 11) is 1.58. The Labute approximate surface area is 143 Å². The maximum Gasteiger partial charge on any atom is 0.319 e. The summed E-state index contributed by atoms with van der Waals surface area (Å²) in [4.78, 5) is 41.0. The molecule has 0 aromatic carbocycles. The number of hydrogen-bond donors (Lipinski definition) is 1. The lowest BCUT2D eigenvalue weighted by atomic mass is 10.2. The first kappa shape index (κ1) is 18.5. The van der Waals surface area contributed by atoms with E-state index >= 15 is 0 Å². The Bertz CT molecular complexity index is 449. The fourth-order valence-corrected chi connectivity index (χ4v) is 3.00. The molecule has 1 N–H and O–H groups in total. The smallest absolute Gasteiger partial charge is 0.319 e. The highest BCUT2D eigenvalue weighted by Gasteiger charge is 2.30. The Hall–Kier alpha value is -1.83. The van der Waals surface area contributed by atoms with Gasteiger partial charge < -0.3 is 19.9 Å². The van der Waals surface area contributed by atoms with Gasteiger partial charge in [0.25, 0.3) is 0 Å². The second-order valence-electron chi connectivity index (χ2n) is 6.27. The molecule has 0 saturated carbocycles. The first-order valence-corrected chi connectivity index (χ1v) is 8.69. The maximum absolute atomic E-state index is 12.2. The van der Waals surface area contributed by atoms with Gasteiger partial charge in [-0.15, -0.1) is 0 Å². The number of ether oxygens (including phenoxy) is 1. The topological polar surface area (TPSA) is 82.2 Å². The van der Waals surface area contributed by atoms with Crippen molar-refractivity contribution in [3.05, 3.63) is 0 Å². The van der Waals surface area contributed by atoms with Gasteiger partial charge in [0, 0.05) is 39.7 Å². The first-order valence-electron chi connectivity index (χ1n) is 8.69. The van der Waals surface area contributed by atoms with Gasteiger partial charge in [0.15, 0.2) is 0 Å². The van der Waals surface area contributed by atoms with Crippen LogP contribution in [0.1, 0.15) is 32.1 Å². The highest BCUT2D eigenvalue weighted by Crippen LogP contribution is 2.10. The standard InChI is InChI=1S/C16H28N4O4/c1-24-11-10-19-13-20(12-15(19)22)16(23)17-7-6-14(21)18-8-4-2-3-5-9-18/h2-13H2,1H3,(H,17,23). The highest BCUT2D eigenvalue weighted by molar-refractivity contribution is 5.87. The van der Waals surface area contributed by atoms with Crippen molar-refractivity contribution in [2.45, 2.75) is 32.1 Å². The van der Waals surface area contributed by atoms with Gasteiger partial charge in [0.1, 0.15) is 6.54 Å². The van der Waals surface area contributed by atoms with Crippen LogP contribution in [0.4, 0.5) is 4.79 Å². The maximum atomic E-state index is 12.2. The molecule has 0 spiro atoms. The van der Waals surface area contributed by atoms with E-state index in [1.165, 1.54) is 17.7 Å². The number of nitrogens with one attached hydrogen (secondary N) is 1. The Kier molecular flexibility index (Phi) is 7.30. The van der Waals surface area contributed by atoms with Crippen LogP contribution in [-0.4, -0.2) is 85.7 Å². The van der Waals surface area contributed by atoms with Crippen molar-refractivity contribution in [1.29, 1.82) is 0 Å². The number of amides is 4. The molecular formula is C16H28N4O4. The van der Waals surface area contributed by atoms with Crippen molar-refractivity contribution in [1.82, 2.24) is 20.0 Å². The lowest BCUT2D eigenvalue weighted by molar-refractivity contribution is -0.131. The molecule has 8 nitrogen and oxygen atoms in total. The van der Waals surface area contributed by atoms with Crippen molar-refractivity contribution in [3.8, 4) is 0 Å². The molecule has 0 radical (unpaired) electrons. The molecule has 2 saturated heterocycles. The Balaban J connectivity index is 1.67. The Morgan fingerprint density at radius 1 is 1.12 bits per heavy atom. The van der Waals surface area contributed by atoms with Crippen LogP contribution in [-0.2, 0) is 14.3 Å². The number of urea groups is 1. The van der Waals surface area contributed by atoms with Crippen molar-refractivity contribution < 1.29 is 19.1 Å². The predicted molar refractivity (Wildman–Crippen MR) is 88.2 cm³/mol. The molecule has 0 bridgehead atoms. The van der Waals surface area contributed by atoms with E-state index in [0.717, 1.165) is 25.9 Å². The monoisotopic (exact) mass is 340 g/mol. The third-order valence-electron chi connectivity index (χ3n) is 4.45. The summed E-state index contributed by atoms with van der Waals surface area (Å²) < 4.78 is 4.95. The number of carbonyl (C=O) groups excluding carboxylic acids is 3. The van der Waals surface area contributed by atoms with Crippen molar-refractivity contribution in [3.63, 3.8) is 0 Å². The van der Waals surface area contributed by atoms with E-state index in [4.69, 9.17) is 4.74 Å². The minimum absolute atomic E-state index is 0.0790. The van der Waals surface area contributed by atoms with Crippen LogP contribution in [0.25, 0.3) is 0 Å². The van der Waals surface area contributed by atoms with E-state index in [9.17, 15) is 14.4 Å². The Morgan fingerprint density at radius 2 is 1.83 bits per heavy atom. The SMILES string of the molecule is COCCN1CN(C(=O)NCCC(=O)N2CCCCCC2)CC1=O. The van der Waals surface area contributed by atoms with Crippen LogP contribution in [0, 0.1) is 0 Å². The molecule has 0 atom stereocenters. The molecule has 2 aliphatic heterocycles. The van der Waals surface area contributed by atoms with E-state index in [-0.39, 0.29) is 31.1 Å². The van der Waals surface area contributed by atoms with Gasteiger partial charge in [-0.25, -0.2) is 4.79 Å². The van der Waals surface area contributed by atoms with Crippen molar-refractivity contribution in [2.24, 2.45) is 0 Å². The lowest BCUT2D eigenvalue weighted by Crippen LogP contribution is -2.41. The number of methoxy groups -OCH3 is 1. The molecule has 0 unspecified atom stereocenters.